The summed E-state index contributed by atoms with van der Waals surface area (Å²) in [5.74, 6) is -1.37. The van der Waals surface area contributed by atoms with Crippen molar-refractivity contribution >= 4 is 44.2 Å². The average Bonchev–Trinajstić information content (AvgIpc) is 3.32. The summed E-state index contributed by atoms with van der Waals surface area (Å²) in [5, 5.41) is 14.1. The summed E-state index contributed by atoms with van der Waals surface area (Å²) in [6.45, 7) is 0. The normalized spacial score (nSPS) is 12.1. The van der Waals surface area contributed by atoms with E-state index in [4.69, 9.17) is 0 Å². The van der Waals surface area contributed by atoms with Gasteiger partial charge in [-0.15, -0.1) is 10.2 Å². The molecule has 0 aliphatic rings. The SMILES string of the molecule is O=C(NC(Cc1ccccc1)C(=O)Nc1nnc(-c2ccc(Br)cc2)s1)c1cccc(C(F)(F)F)c1. The number of anilines is 1. The van der Waals surface area contributed by atoms with Crippen molar-refractivity contribution in [2.75, 3.05) is 5.32 Å². The summed E-state index contributed by atoms with van der Waals surface area (Å²) in [6.07, 6.45) is -4.47. The Bertz CT molecular complexity index is 1360. The molecular weight excluding hydrogens is 557 g/mol. The third-order valence-corrected chi connectivity index (χ3v) is 6.52. The van der Waals surface area contributed by atoms with Gasteiger partial charge in [0.05, 0.1) is 5.56 Å². The first kappa shape index (κ1) is 25.5. The van der Waals surface area contributed by atoms with Crippen LogP contribution in [0.1, 0.15) is 21.5 Å². The number of nitrogens with one attached hydrogen (secondary N) is 2. The lowest BCUT2D eigenvalue weighted by Gasteiger charge is -2.18. The summed E-state index contributed by atoms with van der Waals surface area (Å²) in [5.41, 5.74) is 0.419. The predicted octanol–water partition coefficient (Wildman–Crippen LogP) is 5.97. The molecule has 1 unspecified atom stereocenters. The molecule has 6 nitrogen and oxygen atoms in total. The Labute approximate surface area is 216 Å². The van der Waals surface area contributed by atoms with Gasteiger partial charge in [-0.25, -0.2) is 0 Å². The van der Waals surface area contributed by atoms with Gasteiger partial charge in [0.2, 0.25) is 11.0 Å². The average molecular weight is 575 g/mol. The van der Waals surface area contributed by atoms with E-state index in [0.29, 0.717) is 5.01 Å². The molecule has 0 fully saturated rings. The van der Waals surface area contributed by atoms with Crippen LogP contribution in [0.4, 0.5) is 18.3 Å². The summed E-state index contributed by atoms with van der Waals surface area (Å²) < 4.78 is 40.2. The van der Waals surface area contributed by atoms with Crippen molar-refractivity contribution in [2.45, 2.75) is 18.6 Å². The van der Waals surface area contributed by atoms with E-state index >= 15 is 0 Å². The van der Waals surface area contributed by atoms with Crippen LogP contribution in [0.5, 0.6) is 0 Å². The van der Waals surface area contributed by atoms with E-state index in [0.717, 1.165) is 45.1 Å². The molecule has 1 aromatic heterocycles. The molecule has 0 aliphatic heterocycles. The van der Waals surface area contributed by atoms with Gasteiger partial charge in [-0.05, 0) is 35.9 Å². The van der Waals surface area contributed by atoms with Crippen LogP contribution in [-0.2, 0) is 17.4 Å². The lowest BCUT2D eigenvalue weighted by Crippen LogP contribution is -2.45. The highest BCUT2D eigenvalue weighted by atomic mass is 79.9. The molecule has 4 rings (SSSR count). The molecule has 0 radical (unpaired) electrons. The lowest BCUT2D eigenvalue weighted by atomic mass is 10.0. The van der Waals surface area contributed by atoms with Crippen molar-refractivity contribution in [3.05, 3.63) is 100 Å². The second-order valence-electron chi connectivity index (χ2n) is 7.70. The molecule has 2 amide bonds. The smallest absolute Gasteiger partial charge is 0.340 e. The maximum Gasteiger partial charge on any atom is 0.416 e. The highest BCUT2D eigenvalue weighted by molar-refractivity contribution is 9.10. The highest BCUT2D eigenvalue weighted by Gasteiger charge is 2.31. The van der Waals surface area contributed by atoms with E-state index in [1.165, 1.54) is 6.07 Å². The van der Waals surface area contributed by atoms with Crippen LogP contribution in [-0.4, -0.2) is 28.1 Å². The maximum atomic E-state index is 13.1. The van der Waals surface area contributed by atoms with Crippen molar-refractivity contribution in [2.24, 2.45) is 0 Å². The van der Waals surface area contributed by atoms with E-state index in [9.17, 15) is 22.8 Å². The van der Waals surface area contributed by atoms with Crippen LogP contribution in [0.25, 0.3) is 10.6 Å². The molecule has 2 N–H and O–H groups in total. The molecule has 4 aromatic rings. The van der Waals surface area contributed by atoms with Gasteiger partial charge in [0, 0.05) is 22.0 Å². The van der Waals surface area contributed by atoms with E-state index < -0.39 is 29.6 Å². The molecule has 1 heterocycles. The molecule has 0 aliphatic carbocycles. The number of hydrogen-bond donors (Lipinski definition) is 2. The third-order valence-electron chi connectivity index (χ3n) is 5.10. The molecule has 0 saturated heterocycles. The molecule has 0 spiro atoms. The number of carbonyl (C=O) groups excluding carboxylic acids is 2. The molecule has 184 valence electrons. The van der Waals surface area contributed by atoms with Crippen LogP contribution >= 0.6 is 27.3 Å². The van der Waals surface area contributed by atoms with Gasteiger partial charge in [0.25, 0.3) is 5.91 Å². The van der Waals surface area contributed by atoms with Crippen molar-refractivity contribution < 1.29 is 22.8 Å². The van der Waals surface area contributed by atoms with E-state index in [-0.39, 0.29) is 17.1 Å². The molecule has 11 heteroatoms. The Morgan fingerprint density at radius 1 is 0.944 bits per heavy atom. The van der Waals surface area contributed by atoms with Crippen LogP contribution in [0, 0.1) is 0 Å². The van der Waals surface area contributed by atoms with Gasteiger partial charge in [-0.2, -0.15) is 13.2 Å². The van der Waals surface area contributed by atoms with E-state index in [1.54, 1.807) is 24.3 Å². The number of rotatable bonds is 7. The zero-order valence-electron chi connectivity index (χ0n) is 18.4. The van der Waals surface area contributed by atoms with Gasteiger partial charge in [0.15, 0.2) is 0 Å². The Kier molecular flexibility index (Phi) is 7.80. The molecule has 3 aromatic carbocycles. The van der Waals surface area contributed by atoms with Gasteiger partial charge >= 0.3 is 6.18 Å². The quantitative estimate of drug-likeness (QED) is 0.285. The number of halogens is 4. The molecule has 36 heavy (non-hydrogen) atoms. The molecule has 1 atom stereocenters. The standard InChI is InChI=1S/C25H18BrF3N4O2S/c26-19-11-9-16(10-12-19)23-32-33-24(36-23)31-22(35)20(13-15-5-2-1-3-6-15)30-21(34)17-7-4-8-18(14-17)25(27,28)29/h1-12,14,20H,13H2,(H,30,34)(H,31,33,35). The minimum Gasteiger partial charge on any atom is -0.340 e. The zero-order chi connectivity index (χ0) is 25.7. The van der Waals surface area contributed by atoms with Gasteiger partial charge in [-0.1, -0.05) is 75.8 Å². The predicted molar refractivity (Wildman–Crippen MR) is 135 cm³/mol. The van der Waals surface area contributed by atoms with E-state index in [2.05, 4.69) is 36.8 Å². The van der Waals surface area contributed by atoms with E-state index in [1.807, 2.05) is 30.3 Å². The number of hydrogen-bond acceptors (Lipinski definition) is 5. The lowest BCUT2D eigenvalue weighted by molar-refractivity contribution is -0.137. The monoisotopic (exact) mass is 574 g/mol. The van der Waals surface area contributed by atoms with Crippen LogP contribution in [0.2, 0.25) is 0 Å². The van der Waals surface area contributed by atoms with Crippen molar-refractivity contribution in [3.63, 3.8) is 0 Å². The summed E-state index contributed by atoms with van der Waals surface area (Å²) in [7, 11) is 0. The van der Waals surface area contributed by atoms with Gasteiger partial charge in [-0.3, -0.25) is 14.9 Å². The van der Waals surface area contributed by atoms with Crippen molar-refractivity contribution in [1.29, 1.82) is 0 Å². The first-order chi connectivity index (χ1) is 17.2. The first-order valence-corrected chi connectivity index (χ1v) is 12.2. The molecule has 0 bridgehead atoms. The third kappa shape index (κ3) is 6.55. The van der Waals surface area contributed by atoms with Crippen LogP contribution < -0.4 is 10.6 Å². The molecule has 0 saturated carbocycles. The fourth-order valence-corrected chi connectivity index (χ4v) is 4.33. The number of benzene rings is 3. The van der Waals surface area contributed by atoms with Gasteiger partial charge < -0.3 is 5.32 Å². The summed E-state index contributed by atoms with van der Waals surface area (Å²) in [4.78, 5) is 25.9. The number of carbonyl (C=O) groups is 2. The topological polar surface area (TPSA) is 84.0 Å². The van der Waals surface area contributed by atoms with Crippen molar-refractivity contribution in [3.8, 4) is 10.6 Å². The maximum absolute atomic E-state index is 13.1. The number of amides is 2. The zero-order valence-corrected chi connectivity index (χ0v) is 20.8. The Morgan fingerprint density at radius 3 is 2.36 bits per heavy atom. The Morgan fingerprint density at radius 2 is 1.67 bits per heavy atom. The highest BCUT2D eigenvalue weighted by Crippen LogP contribution is 2.30. The van der Waals surface area contributed by atoms with Crippen LogP contribution in [0.3, 0.4) is 0 Å². The van der Waals surface area contributed by atoms with Crippen LogP contribution in [0.15, 0.2) is 83.3 Å². The Hall–Kier alpha value is -3.57. The first-order valence-electron chi connectivity index (χ1n) is 10.6. The summed E-state index contributed by atoms with van der Waals surface area (Å²) in [6, 6.07) is 19.3. The largest absolute Gasteiger partial charge is 0.416 e. The van der Waals surface area contributed by atoms with Gasteiger partial charge in [0.1, 0.15) is 11.0 Å². The number of alkyl halides is 3. The summed E-state index contributed by atoms with van der Waals surface area (Å²) >= 11 is 4.53. The second-order valence-corrected chi connectivity index (χ2v) is 9.60. The minimum absolute atomic E-state index is 0.121. The fraction of sp³-hybridized carbons (Fsp3) is 0.120. The second kappa shape index (κ2) is 11.0. The Balaban J connectivity index is 1.53. The number of aromatic nitrogens is 2. The molecular formula is C25H18BrF3N4O2S. The van der Waals surface area contributed by atoms with Crippen molar-refractivity contribution in [1.82, 2.24) is 15.5 Å². The number of nitrogens with zero attached hydrogens (tertiary/aromatic N) is 2. The fourth-order valence-electron chi connectivity index (χ4n) is 3.31. The minimum atomic E-state index is -4.60.